The second-order valence-corrected chi connectivity index (χ2v) is 7.91. The molecule has 0 saturated carbocycles. The zero-order chi connectivity index (χ0) is 21.3. The van der Waals surface area contributed by atoms with E-state index in [1.807, 2.05) is 17.0 Å². The molecule has 2 aromatic carbocycles. The molecule has 0 spiro atoms. The van der Waals surface area contributed by atoms with E-state index in [1.54, 1.807) is 36.4 Å². The normalized spacial score (nSPS) is 16.3. The first-order chi connectivity index (χ1) is 14.5. The van der Waals surface area contributed by atoms with Crippen molar-refractivity contribution in [3.63, 3.8) is 0 Å². The predicted molar refractivity (Wildman–Crippen MR) is 116 cm³/mol. The Bertz CT molecular complexity index is 843. The van der Waals surface area contributed by atoms with Gasteiger partial charge < -0.3 is 19.7 Å². The third-order valence-electron chi connectivity index (χ3n) is 4.72. The first kappa shape index (κ1) is 22.2. The van der Waals surface area contributed by atoms with Crippen LogP contribution in [0.3, 0.4) is 0 Å². The number of piperidine rings is 1. The topological polar surface area (TPSA) is 67.9 Å². The van der Waals surface area contributed by atoms with Crippen LogP contribution in [0, 0.1) is 0 Å². The molecule has 8 heteroatoms. The summed E-state index contributed by atoms with van der Waals surface area (Å²) in [5, 5.41) is 4.14. The minimum Gasteiger partial charge on any atom is -0.494 e. The van der Waals surface area contributed by atoms with Gasteiger partial charge in [-0.25, -0.2) is 0 Å². The third kappa shape index (κ3) is 7.11. The summed E-state index contributed by atoms with van der Waals surface area (Å²) in [6.07, 6.45) is 1.75. The lowest BCUT2D eigenvalue weighted by molar-refractivity contribution is -0.135. The summed E-state index contributed by atoms with van der Waals surface area (Å²) in [4.78, 5) is 26.3. The van der Waals surface area contributed by atoms with Gasteiger partial charge in [0.15, 0.2) is 6.61 Å². The molecule has 1 fully saturated rings. The molecule has 1 aliphatic heterocycles. The Morgan fingerprint density at radius 1 is 1.00 bits per heavy atom. The van der Waals surface area contributed by atoms with Crippen LogP contribution in [-0.4, -0.2) is 49.1 Å². The summed E-state index contributed by atoms with van der Waals surface area (Å²) >= 11 is 11.7. The number of nitrogens with zero attached hydrogens (tertiary/aromatic N) is 1. The number of halogens is 2. The van der Waals surface area contributed by atoms with Crippen LogP contribution >= 0.6 is 23.2 Å². The number of benzene rings is 2. The number of nitrogens with one attached hydrogen (secondary N) is 1. The average Bonchev–Trinajstić information content (AvgIpc) is 2.73. The molecule has 2 aromatic rings. The quantitative estimate of drug-likeness (QED) is 0.587. The minimum absolute atomic E-state index is 0.0386. The van der Waals surface area contributed by atoms with E-state index in [1.165, 1.54) is 0 Å². The van der Waals surface area contributed by atoms with Gasteiger partial charge in [-0.2, -0.15) is 0 Å². The van der Waals surface area contributed by atoms with E-state index in [0.717, 1.165) is 18.6 Å². The van der Waals surface area contributed by atoms with Crippen molar-refractivity contribution in [2.24, 2.45) is 0 Å². The van der Waals surface area contributed by atoms with Gasteiger partial charge in [0.2, 0.25) is 5.91 Å². The first-order valence-corrected chi connectivity index (χ1v) is 10.6. The highest BCUT2D eigenvalue weighted by Crippen LogP contribution is 2.17. The van der Waals surface area contributed by atoms with Gasteiger partial charge in [0.05, 0.1) is 6.61 Å². The summed E-state index contributed by atoms with van der Waals surface area (Å²) in [6, 6.07) is 13.8. The van der Waals surface area contributed by atoms with Crippen molar-refractivity contribution in [3.8, 4) is 11.5 Å². The van der Waals surface area contributed by atoms with Gasteiger partial charge in [0, 0.05) is 35.6 Å². The Hall–Kier alpha value is -2.44. The maximum atomic E-state index is 12.4. The van der Waals surface area contributed by atoms with Crippen molar-refractivity contribution in [1.82, 2.24) is 10.2 Å². The molecule has 6 nitrogen and oxygen atoms in total. The number of ether oxygens (including phenoxy) is 2. The van der Waals surface area contributed by atoms with Crippen LogP contribution in [0.5, 0.6) is 11.5 Å². The van der Waals surface area contributed by atoms with Gasteiger partial charge in [-0.15, -0.1) is 0 Å². The number of rotatable bonds is 9. The molecular formula is C22H24Cl2N2O4. The molecular weight excluding hydrogens is 427 g/mol. The van der Waals surface area contributed by atoms with Crippen LogP contribution < -0.4 is 14.8 Å². The molecule has 1 atom stereocenters. The van der Waals surface area contributed by atoms with Crippen molar-refractivity contribution in [1.29, 1.82) is 0 Å². The van der Waals surface area contributed by atoms with E-state index in [2.05, 4.69) is 5.32 Å². The zero-order valence-corrected chi connectivity index (χ0v) is 18.0. The van der Waals surface area contributed by atoms with E-state index in [9.17, 15) is 9.59 Å². The SMILES string of the molecule is O=C(COc1ccc(Cl)cc1)NC1CCN(CCCOc2ccc(Cl)cc2)C(=O)C1. The third-order valence-corrected chi connectivity index (χ3v) is 5.23. The van der Waals surface area contributed by atoms with Crippen LogP contribution in [0.15, 0.2) is 48.5 Å². The molecule has 0 radical (unpaired) electrons. The number of hydrogen-bond donors (Lipinski definition) is 1. The summed E-state index contributed by atoms with van der Waals surface area (Å²) in [5.74, 6) is 1.12. The second kappa shape index (κ2) is 11.1. The Morgan fingerprint density at radius 3 is 2.20 bits per heavy atom. The number of likely N-dealkylation sites (tertiary alicyclic amines) is 1. The molecule has 0 bridgehead atoms. The molecule has 0 aromatic heterocycles. The number of carbonyl (C=O) groups is 2. The van der Waals surface area contributed by atoms with E-state index >= 15 is 0 Å². The summed E-state index contributed by atoms with van der Waals surface area (Å²) < 4.78 is 11.1. The molecule has 30 heavy (non-hydrogen) atoms. The molecule has 1 aliphatic rings. The Kier molecular flexibility index (Phi) is 8.22. The largest absolute Gasteiger partial charge is 0.494 e. The average molecular weight is 451 g/mol. The van der Waals surface area contributed by atoms with Crippen LogP contribution in [0.4, 0.5) is 0 Å². The highest BCUT2D eigenvalue weighted by Gasteiger charge is 2.26. The van der Waals surface area contributed by atoms with E-state index < -0.39 is 0 Å². The van der Waals surface area contributed by atoms with E-state index in [4.69, 9.17) is 32.7 Å². The maximum absolute atomic E-state index is 12.4. The second-order valence-electron chi connectivity index (χ2n) is 7.04. The van der Waals surface area contributed by atoms with Crippen molar-refractivity contribution < 1.29 is 19.1 Å². The van der Waals surface area contributed by atoms with Crippen LogP contribution in [-0.2, 0) is 9.59 Å². The minimum atomic E-state index is -0.243. The maximum Gasteiger partial charge on any atom is 0.258 e. The van der Waals surface area contributed by atoms with Crippen LogP contribution in [0.1, 0.15) is 19.3 Å². The van der Waals surface area contributed by atoms with Crippen LogP contribution in [0.2, 0.25) is 10.0 Å². The number of hydrogen-bond acceptors (Lipinski definition) is 4. The number of amides is 2. The van der Waals surface area contributed by atoms with Gasteiger partial charge in [0.25, 0.3) is 5.91 Å². The zero-order valence-electron chi connectivity index (χ0n) is 16.5. The van der Waals surface area contributed by atoms with Crippen LogP contribution in [0.25, 0.3) is 0 Å². The van der Waals surface area contributed by atoms with Gasteiger partial charge >= 0.3 is 0 Å². The molecule has 3 rings (SSSR count). The molecule has 0 aliphatic carbocycles. The van der Waals surface area contributed by atoms with Crippen molar-refractivity contribution in [2.75, 3.05) is 26.3 Å². The summed E-state index contributed by atoms with van der Waals surface area (Å²) in [5.41, 5.74) is 0. The van der Waals surface area contributed by atoms with Crippen molar-refractivity contribution in [3.05, 3.63) is 58.6 Å². The molecule has 1 saturated heterocycles. The van der Waals surface area contributed by atoms with Crippen molar-refractivity contribution in [2.45, 2.75) is 25.3 Å². The Morgan fingerprint density at radius 2 is 1.60 bits per heavy atom. The fourth-order valence-corrected chi connectivity index (χ4v) is 3.42. The van der Waals surface area contributed by atoms with E-state index in [-0.39, 0.29) is 24.5 Å². The summed E-state index contributed by atoms with van der Waals surface area (Å²) in [7, 11) is 0. The molecule has 1 heterocycles. The standard InChI is InChI=1S/C22H24Cl2N2O4/c23-16-2-6-19(7-3-16)29-13-1-11-26-12-10-18(14-22(26)28)25-21(27)15-30-20-8-4-17(24)5-9-20/h2-9,18H,1,10-15H2,(H,25,27). The van der Waals surface area contributed by atoms with Gasteiger partial charge in [-0.05, 0) is 61.4 Å². The molecule has 1 N–H and O–H groups in total. The first-order valence-electron chi connectivity index (χ1n) is 9.83. The van der Waals surface area contributed by atoms with E-state index in [0.29, 0.717) is 41.9 Å². The van der Waals surface area contributed by atoms with Gasteiger partial charge in [-0.1, -0.05) is 23.2 Å². The molecule has 2 amide bonds. The highest BCUT2D eigenvalue weighted by atomic mass is 35.5. The van der Waals surface area contributed by atoms with Gasteiger partial charge in [0.1, 0.15) is 11.5 Å². The van der Waals surface area contributed by atoms with Crippen molar-refractivity contribution >= 4 is 35.0 Å². The lowest BCUT2D eigenvalue weighted by Gasteiger charge is -2.32. The lowest BCUT2D eigenvalue weighted by atomic mass is 10.0. The number of carbonyl (C=O) groups excluding carboxylic acids is 2. The highest BCUT2D eigenvalue weighted by molar-refractivity contribution is 6.30. The molecule has 1 unspecified atom stereocenters. The molecule has 160 valence electrons. The fraction of sp³-hybridized carbons (Fsp3) is 0.364. The summed E-state index contributed by atoms with van der Waals surface area (Å²) in [6.45, 7) is 1.67. The monoisotopic (exact) mass is 450 g/mol. The predicted octanol–water partition coefficient (Wildman–Crippen LogP) is 3.95. The fourth-order valence-electron chi connectivity index (χ4n) is 3.16. The Labute approximate surface area is 186 Å². The Balaban J connectivity index is 1.32. The lowest BCUT2D eigenvalue weighted by Crippen LogP contribution is -2.48. The smallest absolute Gasteiger partial charge is 0.258 e. The van der Waals surface area contributed by atoms with Gasteiger partial charge in [-0.3, -0.25) is 9.59 Å².